The van der Waals surface area contributed by atoms with Crippen molar-refractivity contribution in [3.63, 3.8) is 0 Å². The predicted molar refractivity (Wildman–Crippen MR) is 106 cm³/mol. The van der Waals surface area contributed by atoms with Gasteiger partial charge in [-0.3, -0.25) is 9.59 Å². The Balaban J connectivity index is 2.08. The summed E-state index contributed by atoms with van der Waals surface area (Å²) >= 11 is 11.8. The fourth-order valence-electron chi connectivity index (χ4n) is 2.17. The summed E-state index contributed by atoms with van der Waals surface area (Å²) in [6, 6.07) is 12.4. The molecule has 1 amide bonds. The van der Waals surface area contributed by atoms with Gasteiger partial charge in [0.2, 0.25) is 5.91 Å². The van der Waals surface area contributed by atoms with E-state index in [4.69, 9.17) is 23.2 Å². The second kappa shape index (κ2) is 9.70. The fraction of sp³-hybridized carbons (Fsp3) is 0.100. The summed E-state index contributed by atoms with van der Waals surface area (Å²) in [4.78, 5) is 35.9. The number of benzene rings is 2. The van der Waals surface area contributed by atoms with Gasteiger partial charge in [0.1, 0.15) is 0 Å². The van der Waals surface area contributed by atoms with Crippen LogP contribution >= 0.6 is 23.2 Å². The van der Waals surface area contributed by atoms with E-state index in [-0.39, 0.29) is 10.7 Å². The lowest BCUT2D eigenvalue weighted by atomic mass is 10.0. The molecule has 6 nitrogen and oxygen atoms in total. The zero-order valence-corrected chi connectivity index (χ0v) is 16.1. The Morgan fingerprint density at radius 2 is 1.82 bits per heavy atom. The van der Waals surface area contributed by atoms with Gasteiger partial charge in [0, 0.05) is 5.02 Å². The largest absolute Gasteiger partial charge is 0.465 e. The molecule has 1 N–H and O–H groups in total. The summed E-state index contributed by atoms with van der Waals surface area (Å²) in [7, 11) is 1.28. The zero-order chi connectivity index (χ0) is 20.7. The van der Waals surface area contributed by atoms with E-state index in [0.717, 1.165) is 6.08 Å². The lowest BCUT2D eigenvalue weighted by molar-refractivity contribution is -0.126. The Morgan fingerprint density at radius 1 is 1.14 bits per heavy atom. The van der Waals surface area contributed by atoms with Crippen molar-refractivity contribution in [2.75, 3.05) is 12.4 Å². The van der Waals surface area contributed by atoms with Crippen LogP contribution in [0.1, 0.15) is 15.9 Å². The van der Waals surface area contributed by atoms with Gasteiger partial charge in [0.05, 0.1) is 29.5 Å². The molecule has 2 rings (SSSR count). The lowest BCUT2D eigenvalue weighted by Gasteiger charge is -2.09. The van der Waals surface area contributed by atoms with Crippen molar-refractivity contribution in [3.05, 3.63) is 69.7 Å². The number of nitrogens with zero attached hydrogens (tertiary/aromatic N) is 1. The fourth-order valence-corrected chi connectivity index (χ4v) is 2.63. The van der Waals surface area contributed by atoms with Gasteiger partial charge in [0.25, 0.3) is 0 Å². The van der Waals surface area contributed by atoms with Gasteiger partial charge >= 0.3 is 5.97 Å². The first kappa shape index (κ1) is 21.2. The number of esters is 1. The molecule has 2 aromatic carbocycles. The van der Waals surface area contributed by atoms with Crippen LogP contribution in [0.2, 0.25) is 10.0 Å². The van der Waals surface area contributed by atoms with E-state index in [2.05, 4.69) is 10.1 Å². The van der Waals surface area contributed by atoms with E-state index < -0.39 is 23.6 Å². The minimum Gasteiger partial charge on any atom is -0.465 e. The average Bonchev–Trinajstić information content (AvgIpc) is 2.69. The van der Waals surface area contributed by atoms with Gasteiger partial charge in [0.15, 0.2) is 11.7 Å². The molecule has 8 heteroatoms. The van der Waals surface area contributed by atoms with Crippen molar-refractivity contribution in [1.29, 1.82) is 5.26 Å². The predicted octanol–water partition coefficient (Wildman–Crippen LogP) is 4.14. The molecule has 28 heavy (non-hydrogen) atoms. The standard InChI is InChI=1S/C20H14Cl2N2O4/c1-28-20(27)13-5-2-12(3-6-13)4-9-18(25)15(11-23)19(26)24-17-8-7-14(21)10-16(17)22/h2-10,15H,1H3,(H,24,26)/b9-4+. The molecule has 1 unspecified atom stereocenters. The van der Waals surface area contributed by atoms with Crippen LogP contribution in [0.4, 0.5) is 5.69 Å². The second-order valence-electron chi connectivity index (χ2n) is 5.52. The topological polar surface area (TPSA) is 96.3 Å². The molecule has 0 saturated heterocycles. The number of ether oxygens (including phenoxy) is 1. The van der Waals surface area contributed by atoms with Crippen LogP contribution in [0.5, 0.6) is 0 Å². The number of halogens is 2. The molecule has 0 aliphatic rings. The van der Waals surface area contributed by atoms with Crippen molar-refractivity contribution in [2.24, 2.45) is 5.92 Å². The number of hydrogen-bond donors (Lipinski definition) is 1. The molecule has 0 fully saturated rings. The number of carbonyl (C=O) groups is 3. The molecule has 0 aromatic heterocycles. The maximum atomic E-state index is 12.3. The molecule has 0 heterocycles. The minimum atomic E-state index is -1.54. The van der Waals surface area contributed by atoms with Crippen LogP contribution in [0.15, 0.2) is 48.5 Å². The first-order valence-corrected chi connectivity index (χ1v) is 8.67. The highest BCUT2D eigenvalue weighted by Crippen LogP contribution is 2.25. The van der Waals surface area contributed by atoms with Crippen molar-refractivity contribution < 1.29 is 19.1 Å². The molecular formula is C20H14Cl2N2O4. The van der Waals surface area contributed by atoms with E-state index in [1.165, 1.54) is 43.5 Å². The number of nitriles is 1. The molecule has 0 spiro atoms. The van der Waals surface area contributed by atoms with Crippen molar-refractivity contribution in [2.45, 2.75) is 0 Å². The average molecular weight is 417 g/mol. The number of amides is 1. The van der Waals surface area contributed by atoms with Crippen LogP contribution in [0, 0.1) is 17.2 Å². The Bertz CT molecular complexity index is 979. The Kier molecular flexibility index (Phi) is 7.33. The third-order valence-electron chi connectivity index (χ3n) is 3.64. The van der Waals surface area contributed by atoms with E-state index >= 15 is 0 Å². The first-order valence-electron chi connectivity index (χ1n) is 7.91. The summed E-state index contributed by atoms with van der Waals surface area (Å²) in [6.45, 7) is 0. The molecule has 142 valence electrons. The Morgan fingerprint density at radius 3 is 2.39 bits per heavy atom. The third kappa shape index (κ3) is 5.43. The minimum absolute atomic E-state index is 0.186. The third-order valence-corrected chi connectivity index (χ3v) is 4.18. The summed E-state index contributed by atoms with van der Waals surface area (Å²) in [5, 5.41) is 12.2. The molecule has 0 aliphatic heterocycles. The monoisotopic (exact) mass is 416 g/mol. The van der Waals surface area contributed by atoms with E-state index in [9.17, 15) is 19.6 Å². The van der Waals surface area contributed by atoms with Crippen LogP contribution in [-0.4, -0.2) is 24.8 Å². The number of anilines is 1. The molecule has 0 radical (unpaired) electrons. The van der Waals surface area contributed by atoms with Gasteiger partial charge in [-0.25, -0.2) is 4.79 Å². The molecule has 2 aromatic rings. The Hall–Kier alpha value is -3.14. The number of methoxy groups -OCH3 is 1. The van der Waals surface area contributed by atoms with E-state index in [1.54, 1.807) is 18.2 Å². The highest BCUT2D eigenvalue weighted by molar-refractivity contribution is 6.36. The SMILES string of the molecule is COC(=O)c1ccc(/C=C/C(=O)C(C#N)C(=O)Nc2ccc(Cl)cc2Cl)cc1. The van der Waals surface area contributed by atoms with Crippen LogP contribution in [0.25, 0.3) is 6.08 Å². The number of nitrogens with one attached hydrogen (secondary N) is 1. The van der Waals surface area contributed by atoms with E-state index in [1.807, 2.05) is 0 Å². The summed E-state index contributed by atoms with van der Waals surface area (Å²) in [6.07, 6.45) is 2.57. The van der Waals surface area contributed by atoms with Crippen molar-refractivity contribution in [1.82, 2.24) is 0 Å². The summed E-state index contributed by atoms with van der Waals surface area (Å²) < 4.78 is 4.60. The molecule has 0 aliphatic carbocycles. The smallest absolute Gasteiger partial charge is 0.337 e. The second-order valence-corrected chi connectivity index (χ2v) is 6.37. The first-order chi connectivity index (χ1) is 13.3. The normalized spacial score (nSPS) is 11.5. The van der Waals surface area contributed by atoms with Gasteiger partial charge < -0.3 is 10.1 Å². The van der Waals surface area contributed by atoms with E-state index in [0.29, 0.717) is 16.1 Å². The quantitative estimate of drug-likeness (QED) is 0.433. The van der Waals surface area contributed by atoms with Crippen LogP contribution in [0.3, 0.4) is 0 Å². The van der Waals surface area contributed by atoms with Gasteiger partial charge in [-0.05, 0) is 42.0 Å². The number of allylic oxidation sites excluding steroid dienone is 1. The van der Waals surface area contributed by atoms with Crippen LogP contribution in [-0.2, 0) is 14.3 Å². The zero-order valence-electron chi connectivity index (χ0n) is 14.6. The summed E-state index contributed by atoms with van der Waals surface area (Å²) in [5.41, 5.74) is 1.21. The Labute approximate surface area is 171 Å². The number of rotatable bonds is 6. The summed E-state index contributed by atoms with van der Waals surface area (Å²) in [5.74, 6) is -3.52. The molecule has 0 saturated carbocycles. The van der Waals surface area contributed by atoms with Crippen molar-refractivity contribution >= 4 is 52.6 Å². The van der Waals surface area contributed by atoms with Gasteiger partial charge in [-0.15, -0.1) is 0 Å². The highest BCUT2D eigenvalue weighted by Gasteiger charge is 2.25. The van der Waals surface area contributed by atoms with Gasteiger partial charge in [-0.2, -0.15) is 5.26 Å². The lowest BCUT2D eigenvalue weighted by Crippen LogP contribution is -2.27. The van der Waals surface area contributed by atoms with Crippen molar-refractivity contribution in [3.8, 4) is 6.07 Å². The maximum absolute atomic E-state index is 12.3. The van der Waals surface area contributed by atoms with Gasteiger partial charge in [-0.1, -0.05) is 41.4 Å². The number of carbonyl (C=O) groups excluding carboxylic acids is 3. The molecule has 0 bridgehead atoms. The number of ketones is 1. The highest BCUT2D eigenvalue weighted by atomic mass is 35.5. The molecular weight excluding hydrogens is 403 g/mol. The maximum Gasteiger partial charge on any atom is 0.337 e. The number of hydrogen-bond acceptors (Lipinski definition) is 5. The van der Waals surface area contributed by atoms with Crippen LogP contribution < -0.4 is 5.32 Å². The molecule has 1 atom stereocenters.